The molecule has 0 fully saturated rings. The number of aromatic nitrogens is 1. The van der Waals surface area contributed by atoms with Gasteiger partial charge in [-0.25, -0.2) is 0 Å². The number of hydrogen-bond donors (Lipinski definition) is 1. The number of rotatable bonds is 4. The maximum absolute atomic E-state index is 12.5. The molecule has 1 aliphatic carbocycles. The molecule has 0 spiro atoms. The normalized spacial score (nSPS) is 14.9. The van der Waals surface area contributed by atoms with Crippen LogP contribution < -0.4 is 10.0 Å². The lowest BCUT2D eigenvalue weighted by Gasteiger charge is -2.11. The van der Waals surface area contributed by atoms with Crippen LogP contribution in [0.1, 0.15) is 42.2 Å². The summed E-state index contributed by atoms with van der Waals surface area (Å²) in [6, 6.07) is 7.38. The van der Waals surface area contributed by atoms with Gasteiger partial charge in [0.25, 0.3) is 5.03 Å². The van der Waals surface area contributed by atoms with Crippen molar-refractivity contribution < 1.29 is 9.52 Å². The molecule has 0 radical (unpaired) electrons. The minimum Gasteiger partial charge on any atom is -0.618 e. The number of carbonyl (C=O) groups is 1. The van der Waals surface area contributed by atoms with Crippen molar-refractivity contribution in [3.63, 3.8) is 0 Å². The predicted octanol–water partition coefficient (Wildman–Crippen LogP) is 3.64. The van der Waals surface area contributed by atoms with Crippen molar-refractivity contribution >= 4 is 34.0 Å². The van der Waals surface area contributed by atoms with E-state index in [4.69, 9.17) is 0 Å². The number of hydrogen-bond acceptors (Lipinski definition) is 5. The van der Waals surface area contributed by atoms with Crippen molar-refractivity contribution in [2.45, 2.75) is 49.3 Å². The largest absolute Gasteiger partial charge is 0.618 e. The number of nitrogens with zero attached hydrogens (tertiary/aromatic N) is 2. The van der Waals surface area contributed by atoms with Crippen molar-refractivity contribution in [2.75, 3.05) is 5.32 Å². The Morgan fingerprint density at radius 3 is 2.96 bits per heavy atom. The summed E-state index contributed by atoms with van der Waals surface area (Å²) >= 11 is 2.73. The van der Waals surface area contributed by atoms with Crippen LogP contribution in [-0.2, 0) is 17.6 Å². The standard InChI is InChI=1S/C18H19N3O2S2/c1-12(24-16-9-5-6-10-21(16)23)17(22)20-18-14(11-19)13-7-3-2-4-8-15(13)25-18/h5-6,9-10,12H,2-4,7-8H2,1H3,(H,20,22)/t12-/m1/s1. The number of fused-ring (bicyclic) bond motifs is 1. The molecule has 0 saturated heterocycles. The lowest BCUT2D eigenvalue weighted by Crippen LogP contribution is -2.30. The van der Waals surface area contributed by atoms with Gasteiger partial charge in [0.05, 0.1) is 10.8 Å². The molecule has 2 aromatic heterocycles. The first-order valence-corrected chi connectivity index (χ1v) is 10.00. The molecule has 2 aromatic rings. The molecule has 25 heavy (non-hydrogen) atoms. The third-order valence-corrected chi connectivity index (χ3v) is 6.56. The summed E-state index contributed by atoms with van der Waals surface area (Å²) in [7, 11) is 0. The highest BCUT2D eigenvalue weighted by Crippen LogP contribution is 2.37. The van der Waals surface area contributed by atoms with E-state index in [1.165, 1.54) is 40.6 Å². The number of nitrogens with one attached hydrogen (secondary N) is 1. The molecule has 7 heteroatoms. The third kappa shape index (κ3) is 3.97. The lowest BCUT2D eigenvalue weighted by molar-refractivity contribution is -0.645. The van der Waals surface area contributed by atoms with Crippen LogP contribution in [-0.4, -0.2) is 11.2 Å². The number of anilines is 1. The van der Waals surface area contributed by atoms with Gasteiger partial charge < -0.3 is 10.5 Å². The lowest BCUT2D eigenvalue weighted by atomic mass is 10.1. The van der Waals surface area contributed by atoms with E-state index in [1.807, 2.05) is 0 Å². The number of pyridine rings is 1. The van der Waals surface area contributed by atoms with Crippen LogP contribution >= 0.6 is 23.1 Å². The average Bonchev–Trinajstić information content (AvgIpc) is 2.76. The molecular weight excluding hydrogens is 354 g/mol. The average molecular weight is 374 g/mol. The van der Waals surface area contributed by atoms with Crippen LogP contribution in [0.5, 0.6) is 0 Å². The van der Waals surface area contributed by atoms with Crippen molar-refractivity contribution in [1.29, 1.82) is 5.26 Å². The summed E-state index contributed by atoms with van der Waals surface area (Å²) in [5.74, 6) is -0.193. The van der Waals surface area contributed by atoms with Gasteiger partial charge in [-0.1, -0.05) is 6.42 Å². The fraction of sp³-hybridized carbons (Fsp3) is 0.389. The predicted molar refractivity (Wildman–Crippen MR) is 99.6 cm³/mol. The van der Waals surface area contributed by atoms with E-state index in [1.54, 1.807) is 25.1 Å². The van der Waals surface area contributed by atoms with E-state index in [0.29, 0.717) is 15.6 Å². The summed E-state index contributed by atoms with van der Waals surface area (Å²) in [6.45, 7) is 1.76. The molecule has 130 valence electrons. The highest BCUT2D eigenvalue weighted by atomic mass is 32.2. The van der Waals surface area contributed by atoms with E-state index in [2.05, 4.69) is 11.4 Å². The van der Waals surface area contributed by atoms with Crippen molar-refractivity contribution in [2.24, 2.45) is 0 Å². The number of thiophene rings is 1. The van der Waals surface area contributed by atoms with Gasteiger partial charge in [0.15, 0.2) is 6.20 Å². The Balaban J connectivity index is 1.75. The van der Waals surface area contributed by atoms with Crippen LogP contribution in [0, 0.1) is 16.5 Å². The maximum atomic E-state index is 12.5. The molecule has 0 unspecified atom stereocenters. The zero-order valence-electron chi connectivity index (χ0n) is 13.9. The van der Waals surface area contributed by atoms with Crippen molar-refractivity contribution in [3.05, 3.63) is 45.6 Å². The van der Waals surface area contributed by atoms with Gasteiger partial charge in [0.2, 0.25) is 5.91 Å². The second-order valence-corrected chi connectivity index (χ2v) is 8.46. The smallest absolute Gasteiger partial charge is 0.252 e. The Hall–Kier alpha value is -2.04. The summed E-state index contributed by atoms with van der Waals surface area (Å²) in [5.41, 5.74) is 1.73. The molecule has 1 atom stereocenters. The number of amides is 1. The first-order chi connectivity index (χ1) is 12.1. The molecule has 1 N–H and O–H groups in total. The molecule has 0 aliphatic heterocycles. The molecule has 0 aromatic carbocycles. The first kappa shape index (κ1) is 17.8. The molecule has 3 rings (SSSR count). The quantitative estimate of drug-likeness (QED) is 0.384. The van der Waals surface area contributed by atoms with Gasteiger partial charge in [-0.15, -0.1) is 11.3 Å². The summed E-state index contributed by atoms with van der Waals surface area (Å²) in [4.78, 5) is 13.8. The van der Waals surface area contributed by atoms with Gasteiger partial charge in [-0.2, -0.15) is 9.99 Å². The van der Waals surface area contributed by atoms with Crippen LogP contribution in [0.25, 0.3) is 0 Å². The Kier molecular flexibility index (Phi) is 5.61. The molecular formula is C18H19N3O2S2. The number of thioether (sulfide) groups is 1. The highest BCUT2D eigenvalue weighted by Gasteiger charge is 2.24. The monoisotopic (exact) mass is 373 g/mol. The minimum atomic E-state index is -0.434. The van der Waals surface area contributed by atoms with Gasteiger partial charge in [-0.05, 0) is 56.0 Å². The topological polar surface area (TPSA) is 79.8 Å². The van der Waals surface area contributed by atoms with Gasteiger partial charge in [-0.3, -0.25) is 4.79 Å². The fourth-order valence-corrected chi connectivity index (χ4v) is 4.99. The van der Waals surface area contributed by atoms with Crippen LogP contribution in [0.15, 0.2) is 29.4 Å². The highest BCUT2D eigenvalue weighted by molar-refractivity contribution is 8.00. The Morgan fingerprint density at radius 2 is 2.20 bits per heavy atom. The first-order valence-electron chi connectivity index (χ1n) is 8.30. The van der Waals surface area contributed by atoms with E-state index < -0.39 is 5.25 Å². The van der Waals surface area contributed by atoms with Crippen molar-refractivity contribution in [1.82, 2.24) is 0 Å². The molecule has 2 heterocycles. The number of nitriles is 1. The Labute approximate surface area is 155 Å². The minimum absolute atomic E-state index is 0.193. The van der Waals surface area contributed by atoms with E-state index in [0.717, 1.165) is 36.0 Å². The SMILES string of the molecule is C[C@@H](Sc1cccc[n+]1[O-])C(=O)Nc1sc2c(c1C#N)CCCCC2. The maximum Gasteiger partial charge on any atom is 0.252 e. The molecule has 0 saturated carbocycles. The number of carbonyl (C=O) groups excluding carboxylic acids is 1. The Morgan fingerprint density at radius 1 is 1.40 bits per heavy atom. The molecule has 1 aliphatic rings. The summed E-state index contributed by atoms with van der Waals surface area (Å²) in [5, 5.41) is 24.9. The second-order valence-electron chi connectivity index (χ2n) is 5.99. The second kappa shape index (κ2) is 7.89. The molecule has 5 nitrogen and oxygen atoms in total. The summed E-state index contributed by atoms with van der Waals surface area (Å²) in [6.07, 6.45) is 6.72. The fourth-order valence-electron chi connectivity index (χ4n) is 2.90. The van der Waals surface area contributed by atoms with Crippen molar-refractivity contribution in [3.8, 4) is 6.07 Å². The summed E-state index contributed by atoms with van der Waals surface area (Å²) < 4.78 is 0.752. The van der Waals surface area contributed by atoms with Gasteiger partial charge in [0.1, 0.15) is 11.1 Å². The Bertz CT molecular complexity index is 826. The van der Waals surface area contributed by atoms with E-state index in [9.17, 15) is 15.3 Å². The zero-order valence-corrected chi connectivity index (χ0v) is 15.6. The molecule has 0 bridgehead atoms. The van der Waals surface area contributed by atoms with Gasteiger partial charge >= 0.3 is 0 Å². The van der Waals surface area contributed by atoms with Crippen LogP contribution in [0.2, 0.25) is 0 Å². The van der Waals surface area contributed by atoms with E-state index in [-0.39, 0.29) is 5.91 Å². The van der Waals surface area contributed by atoms with Gasteiger partial charge in [0, 0.05) is 17.0 Å². The third-order valence-electron chi connectivity index (χ3n) is 4.23. The number of aryl methyl sites for hydroxylation is 1. The van der Waals surface area contributed by atoms with Crippen LogP contribution in [0.3, 0.4) is 0 Å². The van der Waals surface area contributed by atoms with Crippen LogP contribution in [0.4, 0.5) is 5.00 Å². The molecule has 1 amide bonds. The van der Waals surface area contributed by atoms with E-state index >= 15 is 0 Å². The zero-order chi connectivity index (χ0) is 17.8.